The van der Waals surface area contributed by atoms with Crippen LogP contribution in [0.2, 0.25) is 0 Å². The van der Waals surface area contributed by atoms with Crippen molar-refractivity contribution < 1.29 is 5.11 Å². The fourth-order valence-corrected chi connectivity index (χ4v) is 3.20. The molecular formula is C16H18N2O. The molecule has 3 nitrogen and oxygen atoms in total. The molecule has 1 aliphatic carbocycles. The van der Waals surface area contributed by atoms with E-state index in [0.29, 0.717) is 5.92 Å². The summed E-state index contributed by atoms with van der Waals surface area (Å²) in [6.07, 6.45) is 4.26. The minimum absolute atomic E-state index is 0.377. The molecule has 1 saturated heterocycles. The van der Waals surface area contributed by atoms with Crippen LogP contribution in [0.15, 0.2) is 36.5 Å². The zero-order valence-electron chi connectivity index (χ0n) is 10.9. The van der Waals surface area contributed by atoms with Crippen molar-refractivity contribution in [1.82, 2.24) is 9.88 Å². The molecule has 2 fully saturated rings. The molecule has 3 heteroatoms. The second kappa shape index (κ2) is 4.02. The summed E-state index contributed by atoms with van der Waals surface area (Å²) >= 11 is 0. The quantitative estimate of drug-likeness (QED) is 0.912. The molecule has 0 amide bonds. The molecule has 1 aromatic heterocycles. The molecule has 4 rings (SSSR count). The van der Waals surface area contributed by atoms with Crippen molar-refractivity contribution in [3.63, 3.8) is 0 Å². The largest absolute Gasteiger partial charge is 0.387 e. The second-order valence-corrected chi connectivity index (χ2v) is 6.05. The Kier molecular flexibility index (Phi) is 2.41. The van der Waals surface area contributed by atoms with Crippen LogP contribution in [0.1, 0.15) is 18.4 Å². The first-order chi connectivity index (χ1) is 9.23. The van der Waals surface area contributed by atoms with E-state index in [1.807, 2.05) is 12.3 Å². The highest BCUT2D eigenvalue weighted by atomic mass is 16.3. The number of likely N-dealkylation sites (tertiary alicyclic amines) is 1. The van der Waals surface area contributed by atoms with Crippen LogP contribution in [0.3, 0.4) is 0 Å². The van der Waals surface area contributed by atoms with E-state index in [4.69, 9.17) is 0 Å². The Bertz CT molecular complexity index is 615. The summed E-state index contributed by atoms with van der Waals surface area (Å²) in [4.78, 5) is 6.67. The van der Waals surface area contributed by atoms with Gasteiger partial charge in [0.25, 0.3) is 0 Å². The van der Waals surface area contributed by atoms with E-state index >= 15 is 0 Å². The van der Waals surface area contributed by atoms with Gasteiger partial charge >= 0.3 is 0 Å². The topological polar surface area (TPSA) is 36.4 Å². The van der Waals surface area contributed by atoms with Gasteiger partial charge in [-0.1, -0.05) is 12.1 Å². The van der Waals surface area contributed by atoms with Crippen molar-refractivity contribution in [3.05, 3.63) is 42.1 Å². The molecule has 0 atom stereocenters. The molecule has 2 aliphatic rings. The number of hydrogen-bond donors (Lipinski definition) is 1. The molecule has 1 saturated carbocycles. The Morgan fingerprint density at radius 3 is 2.89 bits per heavy atom. The van der Waals surface area contributed by atoms with E-state index in [0.717, 1.165) is 25.2 Å². The van der Waals surface area contributed by atoms with Gasteiger partial charge in [0, 0.05) is 31.2 Å². The van der Waals surface area contributed by atoms with E-state index in [9.17, 15) is 5.11 Å². The predicted molar refractivity (Wildman–Crippen MR) is 74.7 cm³/mol. The molecule has 1 N–H and O–H groups in total. The number of fused-ring (bicyclic) bond motifs is 1. The minimum atomic E-state index is -0.377. The van der Waals surface area contributed by atoms with E-state index in [2.05, 4.69) is 34.1 Å². The van der Waals surface area contributed by atoms with E-state index in [1.165, 1.54) is 23.8 Å². The normalized spacial score (nSPS) is 22.4. The lowest BCUT2D eigenvalue weighted by atomic mass is 9.88. The van der Waals surface area contributed by atoms with Crippen LogP contribution in [0.4, 0.5) is 0 Å². The number of aromatic nitrogens is 1. The fraction of sp³-hybridized carbons (Fsp3) is 0.438. The second-order valence-electron chi connectivity index (χ2n) is 6.05. The van der Waals surface area contributed by atoms with Crippen LogP contribution < -0.4 is 0 Å². The summed E-state index contributed by atoms with van der Waals surface area (Å²) in [5.41, 5.74) is 1.97. The Hall–Kier alpha value is -1.45. The van der Waals surface area contributed by atoms with Gasteiger partial charge < -0.3 is 5.11 Å². The Labute approximate surface area is 112 Å². The smallest absolute Gasteiger partial charge is 0.0928 e. The zero-order valence-corrected chi connectivity index (χ0v) is 10.9. The van der Waals surface area contributed by atoms with Crippen LogP contribution in [0, 0.1) is 5.92 Å². The number of aliphatic hydroxyl groups is 1. The first-order valence-electron chi connectivity index (χ1n) is 7.01. The predicted octanol–water partition coefficient (Wildman–Crippen LogP) is 2.19. The van der Waals surface area contributed by atoms with Crippen LogP contribution in [0.5, 0.6) is 0 Å². The number of nitrogens with zero attached hydrogens (tertiary/aromatic N) is 2. The zero-order chi connectivity index (χ0) is 12.9. The third-order valence-electron chi connectivity index (χ3n) is 4.41. The van der Waals surface area contributed by atoms with Crippen molar-refractivity contribution in [1.29, 1.82) is 0 Å². The van der Waals surface area contributed by atoms with E-state index in [1.54, 1.807) is 0 Å². The average molecular weight is 254 g/mol. The number of β-amino-alcohol motifs (C(OH)–C–C–N with tert-alkyl or cyclic N) is 1. The van der Waals surface area contributed by atoms with Gasteiger partial charge in [0.2, 0.25) is 0 Å². The summed E-state index contributed by atoms with van der Waals surface area (Å²) in [7, 11) is 0. The average Bonchev–Trinajstić information content (AvgIpc) is 3.21. The fourth-order valence-electron chi connectivity index (χ4n) is 3.20. The third-order valence-corrected chi connectivity index (χ3v) is 4.41. The Morgan fingerprint density at radius 1 is 1.26 bits per heavy atom. The van der Waals surface area contributed by atoms with Gasteiger partial charge in [-0.3, -0.25) is 9.88 Å². The summed E-state index contributed by atoms with van der Waals surface area (Å²) < 4.78 is 0. The molecule has 19 heavy (non-hydrogen) atoms. The lowest BCUT2D eigenvalue weighted by molar-refractivity contribution is -0.116. The molecule has 1 aliphatic heterocycles. The molecule has 2 aromatic rings. The lowest BCUT2D eigenvalue weighted by Gasteiger charge is -2.47. The number of benzene rings is 1. The van der Waals surface area contributed by atoms with Gasteiger partial charge in [0.05, 0.1) is 11.1 Å². The van der Waals surface area contributed by atoms with Gasteiger partial charge in [-0.2, -0.15) is 0 Å². The van der Waals surface area contributed by atoms with Gasteiger partial charge in [-0.05, 0) is 42.5 Å². The molecule has 2 heterocycles. The minimum Gasteiger partial charge on any atom is -0.387 e. The first-order valence-corrected chi connectivity index (χ1v) is 7.01. The van der Waals surface area contributed by atoms with Crippen LogP contribution in [-0.2, 0) is 6.54 Å². The molecule has 0 bridgehead atoms. The highest BCUT2D eigenvalue weighted by Crippen LogP contribution is 2.44. The number of rotatable bonds is 3. The number of hydrogen-bond acceptors (Lipinski definition) is 3. The SMILES string of the molecule is OC1(C2CC2)CN(Cc2ccc3ncccc3c2)C1. The van der Waals surface area contributed by atoms with Crippen molar-refractivity contribution in [2.45, 2.75) is 25.0 Å². The Morgan fingerprint density at radius 2 is 2.11 bits per heavy atom. The maximum atomic E-state index is 10.3. The van der Waals surface area contributed by atoms with Crippen molar-refractivity contribution in [3.8, 4) is 0 Å². The molecule has 0 spiro atoms. The number of pyridine rings is 1. The van der Waals surface area contributed by atoms with Gasteiger partial charge in [0.15, 0.2) is 0 Å². The standard InChI is InChI=1S/C16H18N2O/c19-16(14-4-5-14)10-18(11-16)9-12-3-6-15-13(8-12)2-1-7-17-15/h1-3,6-8,14,19H,4-5,9-11H2. The molecule has 1 aromatic carbocycles. The van der Waals surface area contributed by atoms with Crippen LogP contribution in [0.25, 0.3) is 10.9 Å². The summed E-state index contributed by atoms with van der Waals surface area (Å²) in [6.45, 7) is 2.60. The maximum Gasteiger partial charge on any atom is 0.0928 e. The van der Waals surface area contributed by atoms with E-state index in [-0.39, 0.29) is 5.60 Å². The molecular weight excluding hydrogens is 236 g/mol. The lowest BCUT2D eigenvalue weighted by Crippen LogP contribution is -2.62. The van der Waals surface area contributed by atoms with Crippen molar-refractivity contribution in [2.24, 2.45) is 5.92 Å². The summed E-state index contributed by atoms with van der Waals surface area (Å²) in [6, 6.07) is 10.5. The van der Waals surface area contributed by atoms with Gasteiger partial charge in [-0.25, -0.2) is 0 Å². The third kappa shape index (κ3) is 2.03. The molecule has 0 unspecified atom stereocenters. The van der Waals surface area contributed by atoms with Gasteiger partial charge in [-0.15, -0.1) is 0 Å². The van der Waals surface area contributed by atoms with Crippen LogP contribution in [-0.4, -0.2) is 33.7 Å². The van der Waals surface area contributed by atoms with Crippen molar-refractivity contribution >= 4 is 10.9 Å². The summed E-state index contributed by atoms with van der Waals surface area (Å²) in [5, 5.41) is 11.5. The van der Waals surface area contributed by atoms with Crippen LogP contribution >= 0.6 is 0 Å². The molecule has 0 radical (unpaired) electrons. The Balaban J connectivity index is 1.47. The highest BCUT2D eigenvalue weighted by Gasteiger charge is 2.51. The van der Waals surface area contributed by atoms with Gasteiger partial charge in [0.1, 0.15) is 0 Å². The molecule has 98 valence electrons. The maximum absolute atomic E-state index is 10.3. The highest BCUT2D eigenvalue weighted by molar-refractivity contribution is 5.78. The van der Waals surface area contributed by atoms with E-state index < -0.39 is 0 Å². The van der Waals surface area contributed by atoms with Crippen molar-refractivity contribution in [2.75, 3.05) is 13.1 Å². The monoisotopic (exact) mass is 254 g/mol. The summed E-state index contributed by atoms with van der Waals surface area (Å²) in [5.74, 6) is 0.574. The first kappa shape index (κ1) is 11.4.